The van der Waals surface area contributed by atoms with Gasteiger partial charge in [-0.15, -0.1) is 0 Å². The zero-order valence-electron chi connectivity index (χ0n) is 21.4. The summed E-state index contributed by atoms with van der Waals surface area (Å²) >= 11 is 0.645. The number of carbonyl (C=O) groups excluding carboxylic acids is 3. The Kier molecular flexibility index (Phi) is 8.87. The summed E-state index contributed by atoms with van der Waals surface area (Å²) in [6.07, 6.45) is 0.690. The van der Waals surface area contributed by atoms with Gasteiger partial charge in [0.05, 0.1) is 24.5 Å². The first-order valence-corrected chi connectivity index (χ1v) is 13.5. The number of nitrogen functional groups attached to an aromatic ring is 1. The molecule has 42 heavy (non-hydrogen) atoms. The zero-order chi connectivity index (χ0) is 31.6. The number of aromatic nitrogens is 3. The molecule has 1 aliphatic rings. The molecular formula is C19H23N9O12S2. The molecule has 2 atom stereocenters. The first-order chi connectivity index (χ1) is 19.4. The average Bonchev–Trinajstić information content (AvgIpc) is 3.30. The van der Waals surface area contributed by atoms with Crippen molar-refractivity contribution < 1.29 is 52.4 Å². The Morgan fingerprint density at radius 1 is 1.26 bits per heavy atom. The minimum atomic E-state index is -5.15. The third-order valence-electron chi connectivity index (χ3n) is 5.44. The first-order valence-electron chi connectivity index (χ1n) is 11.3. The summed E-state index contributed by atoms with van der Waals surface area (Å²) in [4.78, 5) is 69.4. The van der Waals surface area contributed by atoms with Crippen LogP contribution in [0.25, 0.3) is 0 Å². The van der Waals surface area contributed by atoms with E-state index >= 15 is 0 Å². The molecule has 0 saturated carbocycles. The second-order valence-electron chi connectivity index (χ2n) is 8.86. The van der Waals surface area contributed by atoms with Crippen LogP contribution in [0, 0.1) is 0 Å². The predicted octanol–water partition coefficient (Wildman–Crippen LogP) is -3.19. The maximum absolute atomic E-state index is 13.0. The van der Waals surface area contributed by atoms with Crippen LogP contribution in [0.15, 0.2) is 22.2 Å². The summed E-state index contributed by atoms with van der Waals surface area (Å²) in [7, 11) is -5.15. The molecule has 9 N–H and O–H groups in total. The third kappa shape index (κ3) is 6.99. The molecule has 2 aromatic heterocycles. The standard InChI is InChI=1S/C19H23N9O12S2/c1-19(2,16(33)34)40-25-12(13-24-17(20)41-26-13)14(31)23-11-8(28(15(11)32)42(37,38)39)5-22-18(35)21-4-7-3-9(29)10(30)6-27(7)36/h3,6,8,11,30,36H,4-5H2,1-2H3,(H,23,31)(H,33,34)(H2,20,24,26)(H2,21,22,35)(H,37,38,39)/b25-12-/t8-,11+/m1/s1. The topological polar surface area (TPSA) is 318 Å². The van der Waals surface area contributed by atoms with Crippen molar-refractivity contribution in [2.75, 3.05) is 12.3 Å². The molecule has 0 unspecified atom stereocenters. The number of nitrogens with zero attached hydrogens (tertiary/aromatic N) is 5. The summed E-state index contributed by atoms with van der Waals surface area (Å²) < 4.78 is 37.1. The highest BCUT2D eigenvalue weighted by Crippen LogP contribution is 2.23. The van der Waals surface area contributed by atoms with Crippen LogP contribution >= 0.6 is 11.5 Å². The van der Waals surface area contributed by atoms with E-state index < -0.39 is 87.6 Å². The van der Waals surface area contributed by atoms with Crippen LogP contribution in [0.3, 0.4) is 0 Å². The molecule has 23 heteroatoms. The summed E-state index contributed by atoms with van der Waals surface area (Å²) in [5.74, 6) is -5.15. The number of urea groups is 1. The van der Waals surface area contributed by atoms with E-state index in [0.29, 0.717) is 22.5 Å². The van der Waals surface area contributed by atoms with Gasteiger partial charge in [0, 0.05) is 24.1 Å². The van der Waals surface area contributed by atoms with Crippen LogP contribution in [0.5, 0.6) is 5.75 Å². The lowest BCUT2D eigenvalue weighted by molar-refractivity contribution is -0.161. The molecule has 0 radical (unpaired) electrons. The van der Waals surface area contributed by atoms with Gasteiger partial charge in [0.15, 0.2) is 10.9 Å². The number of anilines is 1. The van der Waals surface area contributed by atoms with E-state index in [-0.39, 0.29) is 15.1 Å². The number of amides is 4. The molecule has 3 rings (SSSR count). The molecule has 0 spiro atoms. The average molecular weight is 634 g/mol. The van der Waals surface area contributed by atoms with E-state index in [4.69, 9.17) is 10.6 Å². The first kappa shape index (κ1) is 31.5. The number of carboxylic acid groups (broad SMARTS) is 1. The van der Waals surface area contributed by atoms with Crippen molar-refractivity contribution in [1.29, 1.82) is 0 Å². The Labute approximate surface area is 238 Å². The predicted molar refractivity (Wildman–Crippen MR) is 138 cm³/mol. The van der Waals surface area contributed by atoms with Gasteiger partial charge in [0.1, 0.15) is 6.04 Å². The number of β-lactam (4-membered cyclic amide) rings is 1. The van der Waals surface area contributed by atoms with Gasteiger partial charge in [0.25, 0.3) is 11.8 Å². The molecule has 0 aromatic carbocycles. The van der Waals surface area contributed by atoms with Gasteiger partial charge in [-0.25, -0.2) is 13.9 Å². The van der Waals surface area contributed by atoms with E-state index in [1.807, 2.05) is 0 Å². The zero-order valence-corrected chi connectivity index (χ0v) is 23.0. The summed E-state index contributed by atoms with van der Waals surface area (Å²) in [5, 5.41) is 38.2. The molecule has 1 aliphatic heterocycles. The highest BCUT2D eigenvalue weighted by atomic mass is 32.2. The number of carbonyl (C=O) groups is 4. The van der Waals surface area contributed by atoms with Gasteiger partial charge in [-0.2, -0.15) is 22.5 Å². The van der Waals surface area contributed by atoms with Crippen molar-refractivity contribution in [2.24, 2.45) is 5.16 Å². The van der Waals surface area contributed by atoms with Crippen molar-refractivity contribution in [3.8, 4) is 5.75 Å². The molecule has 3 heterocycles. The molecule has 228 valence electrons. The van der Waals surface area contributed by atoms with Gasteiger partial charge in [0.2, 0.25) is 22.6 Å². The summed E-state index contributed by atoms with van der Waals surface area (Å²) in [6, 6.07) is -3.41. The molecule has 4 amide bonds. The highest BCUT2D eigenvalue weighted by Gasteiger charge is 2.54. The number of hydrogen-bond acceptors (Lipinski definition) is 15. The number of rotatable bonds is 11. The normalized spacial score (nSPS) is 17.3. The van der Waals surface area contributed by atoms with Crippen molar-refractivity contribution in [3.05, 3.63) is 34.0 Å². The van der Waals surface area contributed by atoms with Crippen molar-refractivity contribution in [2.45, 2.75) is 38.1 Å². The van der Waals surface area contributed by atoms with Crippen LogP contribution < -0.4 is 27.1 Å². The summed E-state index contributed by atoms with van der Waals surface area (Å²) in [6.45, 7) is 1.12. The quantitative estimate of drug-likeness (QED) is 0.0397. The Morgan fingerprint density at radius 2 is 1.93 bits per heavy atom. The minimum absolute atomic E-state index is 0.0104. The van der Waals surface area contributed by atoms with Gasteiger partial charge < -0.3 is 41.9 Å². The Hall–Kier alpha value is -5.03. The fourth-order valence-electron chi connectivity index (χ4n) is 3.20. The Balaban J connectivity index is 1.76. The molecule has 0 aliphatic carbocycles. The molecular weight excluding hydrogens is 610 g/mol. The van der Waals surface area contributed by atoms with Crippen LogP contribution in [-0.4, -0.2) is 101 Å². The van der Waals surface area contributed by atoms with Gasteiger partial charge in [-0.1, -0.05) is 5.16 Å². The van der Waals surface area contributed by atoms with Crippen LogP contribution in [0.1, 0.15) is 25.4 Å². The Bertz CT molecular complexity index is 1620. The SMILES string of the molecule is CC(C)(O/N=C(\C(=O)N[C@@H]1C(=O)N(S(=O)(=O)O)[C@@H]1CNC(=O)NCc1cc(=O)c(O)cn1O)c1nsc(N)n1)C(=O)O. The fourth-order valence-corrected chi connectivity index (χ4v) is 4.52. The highest BCUT2D eigenvalue weighted by molar-refractivity contribution is 7.84. The molecule has 21 nitrogen and oxygen atoms in total. The number of aromatic hydroxyl groups is 1. The van der Waals surface area contributed by atoms with E-state index in [2.05, 4.69) is 30.5 Å². The lowest BCUT2D eigenvalue weighted by Crippen LogP contribution is -2.74. The Morgan fingerprint density at radius 3 is 2.50 bits per heavy atom. The molecule has 1 saturated heterocycles. The van der Waals surface area contributed by atoms with Crippen LogP contribution in [0.2, 0.25) is 0 Å². The maximum Gasteiger partial charge on any atom is 0.362 e. The number of nitrogens with two attached hydrogens (primary N) is 1. The number of carboxylic acids is 1. The number of hydrogen-bond donors (Lipinski definition) is 8. The molecule has 1 fully saturated rings. The largest absolute Gasteiger partial charge is 0.503 e. The third-order valence-corrected chi connectivity index (χ3v) is 6.93. The van der Waals surface area contributed by atoms with Crippen molar-refractivity contribution >= 4 is 56.5 Å². The smallest absolute Gasteiger partial charge is 0.362 e. The van der Waals surface area contributed by atoms with E-state index in [1.165, 1.54) is 0 Å². The lowest BCUT2D eigenvalue weighted by atomic mass is 9.98. The molecule has 2 aromatic rings. The molecule has 0 bridgehead atoms. The maximum atomic E-state index is 13.0. The van der Waals surface area contributed by atoms with E-state index in [1.54, 1.807) is 0 Å². The monoisotopic (exact) mass is 633 g/mol. The number of pyridine rings is 1. The van der Waals surface area contributed by atoms with E-state index in [9.17, 15) is 52.4 Å². The van der Waals surface area contributed by atoms with Crippen LogP contribution in [0.4, 0.5) is 9.93 Å². The van der Waals surface area contributed by atoms with Crippen LogP contribution in [-0.2, 0) is 36.1 Å². The second kappa shape index (κ2) is 11.8. The minimum Gasteiger partial charge on any atom is -0.503 e. The lowest BCUT2D eigenvalue weighted by Gasteiger charge is -2.44. The fraction of sp³-hybridized carbons (Fsp3) is 0.368. The summed E-state index contributed by atoms with van der Waals surface area (Å²) in [5.41, 5.74) is 1.88. The van der Waals surface area contributed by atoms with Gasteiger partial charge in [-0.05, 0) is 13.8 Å². The number of oxime groups is 1. The van der Waals surface area contributed by atoms with Crippen molar-refractivity contribution in [3.63, 3.8) is 0 Å². The van der Waals surface area contributed by atoms with Gasteiger partial charge in [-0.3, -0.25) is 18.9 Å². The second-order valence-corrected chi connectivity index (χ2v) is 10.9. The van der Waals surface area contributed by atoms with Gasteiger partial charge >= 0.3 is 22.3 Å². The number of aliphatic carboxylic acids is 1. The number of nitrogens with one attached hydrogen (secondary N) is 3. The van der Waals surface area contributed by atoms with E-state index in [0.717, 1.165) is 19.9 Å². The van der Waals surface area contributed by atoms with Crippen molar-refractivity contribution in [1.82, 2.24) is 34.3 Å².